The van der Waals surface area contributed by atoms with Gasteiger partial charge in [-0.3, -0.25) is 72.2 Å². The molecule has 0 aromatic heterocycles. The number of hydrogen-bond acceptors (Lipinski definition) is 22. The van der Waals surface area contributed by atoms with Crippen LogP contribution >= 0.6 is 33.2 Å². The largest absolute Gasteiger partial charge is 0.508 e. The van der Waals surface area contributed by atoms with Gasteiger partial charge in [-0.1, -0.05) is 81.7 Å². The van der Waals surface area contributed by atoms with Crippen LogP contribution in [0.2, 0.25) is 5.02 Å². The van der Waals surface area contributed by atoms with Crippen LogP contribution in [-0.4, -0.2) is 253 Å². The predicted molar refractivity (Wildman–Crippen MR) is 387 cm³/mol. The van der Waals surface area contributed by atoms with Crippen LogP contribution in [0.1, 0.15) is 61.3 Å². The number of carbonyl (C=O) groups excluding carboxylic acids is 10. The number of anilines is 1. The molecule has 10 atom stereocenters. The number of aromatic hydroxyl groups is 2. The third-order valence-electron chi connectivity index (χ3n) is 17.0. The second-order valence-corrected chi connectivity index (χ2v) is 28.2. The fourth-order valence-corrected chi connectivity index (χ4v) is 13.8. The van der Waals surface area contributed by atoms with Crippen LogP contribution in [-0.2, 0) is 83.2 Å². The zero-order chi connectivity index (χ0) is 76.9. The fourth-order valence-electron chi connectivity index (χ4n) is 11.4. The summed E-state index contributed by atoms with van der Waals surface area (Å²) < 4.78 is 0. The number of aliphatic hydroxyl groups is 1. The van der Waals surface area contributed by atoms with Crippen molar-refractivity contribution in [1.82, 2.24) is 57.2 Å². The molecule has 2 saturated heterocycles. The monoisotopic (exact) mass is 1520 g/mol. The van der Waals surface area contributed by atoms with Crippen molar-refractivity contribution in [1.29, 1.82) is 0 Å². The molecule has 0 bridgehead atoms. The lowest BCUT2D eigenvalue weighted by Crippen LogP contribution is -2.62. The Morgan fingerprint density at radius 3 is 1.59 bits per heavy atom. The van der Waals surface area contributed by atoms with Crippen LogP contribution in [0.4, 0.5) is 10.5 Å². The van der Waals surface area contributed by atoms with E-state index in [0.29, 0.717) is 33.7 Å². The maximum absolute atomic E-state index is 15.3. The van der Waals surface area contributed by atoms with Crippen LogP contribution in [0.5, 0.6) is 11.5 Å². The number of carboxylic acids is 3. The average molecular weight is 1520 g/mol. The first-order valence-electron chi connectivity index (χ1n) is 33.6. The van der Waals surface area contributed by atoms with Crippen molar-refractivity contribution < 1.29 is 93.0 Å². The van der Waals surface area contributed by atoms with Crippen LogP contribution < -0.4 is 65.1 Å². The van der Waals surface area contributed by atoms with Crippen LogP contribution in [0.3, 0.4) is 0 Å². The molecule has 4 aromatic carbocycles. The van der Waals surface area contributed by atoms with Crippen LogP contribution in [0.15, 0.2) is 97.1 Å². The lowest BCUT2D eigenvalue weighted by molar-refractivity contribution is -0.145. The highest BCUT2D eigenvalue weighted by molar-refractivity contribution is 8.76. The fraction of sp³-hybridized carbons (Fsp3) is 0.456. The molecule has 0 aliphatic carbocycles. The molecule has 0 saturated carbocycles. The Balaban J connectivity index is 1.42. The Labute approximate surface area is 617 Å². The highest BCUT2D eigenvalue weighted by Crippen LogP contribution is 2.25. The summed E-state index contributed by atoms with van der Waals surface area (Å²) in [5.41, 5.74) is 18.8. The number of nitrogens with one attached hydrogen (secondary N) is 9. The van der Waals surface area contributed by atoms with E-state index in [1.54, 1.807) is 12.1 Å². The van der Waals surface area contributed by atoms with Crippen molar-refractivity contribution in [3.8, 4) is 11.5 Å². The van der Waals surface area contributed by atoms with Crippen molar-refractivity contribution in [2.24, 2.45) is 17.2 Å². The topological polar surface area (TPSA) is 539 Å². The standard InChI is InChI=1S/C68H90ClN15O19S2/c1-38(85)58-66(100)80-53(64(98)76-48(59(71)93)30-41-9-17-45(86)18-10-41)37-105-104-36-52(79-61(95)49(31-39-5-13-43(69)14-6-39)74-55(88)22-21-54(67(101)102)84-28-26-82(34-56(89)90)24-25-83(27-29-84)35-57(91)92)65(99)78-51(33-42-11-19-46(87)20-12-42)63(97)77-50(32-40-7-15-44(16-8-40)73-68(72)103)62(96)75-47(60(94)81-58)4-2-3-23-70/h5-20,38,47-54,58,85-87H,2-4,21-37,70H2,1H3,(H2,71,93)(H,74,88)(H,75,96)(H,76,98)(H,77,97)(H,78,99)(H,79,95)(H,80,100)(H,81,94)(H,89,90)(H,91,92)(H,101,102)(H3,72,73,103)/t38-,47?,48-,49+,50-,51+,52?,53+,54?,58?/m1/s1. The number of aliphatic hydroxyl groups excluding tert-OH is 1. The number of phenolic OH excluding ortho intramolecular Hbond substituents is 2. The zero-order valence-electron chi connectivity index (χ0n) is 57.4. The minimum Gasteiger partial charge on any atom is -0.508 e. The molecule has 105 heavy (non-hydrogen) atoms. The van der Waals surface area contributed by atoms with Crippen molar-refractivity contribution >= 4 is 116 Å². The zero-order valence-corrected chi connectivity index (χ0v) is 59.8. The summed E-state index contributed by atoms with van der Waals surface area (Å²) in [5, 5.41) is 84.9. The van der Waals surface area contributed by atoms with E-state index < -0.39 is 169 Å². The number of urea groups is 1. The lowest BCUT2D eigenvalue weighted by atomic mass is 10.0. The third kappa shape index (κ3) is 29.0. The number of rotatable bonds is 29. The van der Waals surface area contributed by atoms with E-state index in [1.807, 2.05) is 0 Å². The van der Waals surface area contributed by atoms with E-state index in [1.165, 1.54) is 99.6 Å². The number of nitrogens with two attached hydrogens (primary N) is 3. The van der Waals surface area contributed by atoms with E-state index >= 15 is 14.4 Å². The van der Waals surface area contributed by atoms with Gasteiger partial charge in [0.05, 0.1) is 19.2 Å². The third-order valence-corrected chi connectivity index (χ3v) is 19.7. The van der Waals surface area contributed by atoms with Crippen molar-refractivity contribution in [2.45, 2.75) is 125 Å². The van der Waals surface area contributed by atoms with E-state index in [2.05, 4.69) is 47.9 Å². The number of amides is 11. The molecular formula is C68H90ClN15O19S2. The van der Waals surface area contributed by atoms with Gasteiger partial charge in [-0.05, 0) is 110 Å². The molecule has 2 fully saturated rings. The summed E-state index contributed by atoms with van der Waals surface area (Å²) in [6.45, 7) is 0.957. The van der Waals surface area contributed by atoms with Crippen LogP contribution in [0.25, 0.3) is 0 Å². The van der Waals surface area contributed by atoms with Gasteiger partial charge < -0.3 is 95.7 Å². The first-order chi connectivity index (χ1) is 49.9. The van der Waals surface area contributed by atoms with Crippen LogP contribution in [0, 0.1) is 0 Å². The minimum absolute atomic E-state index is 0.00853. The van der Waals surface area contributed by atoms with E-state index in [4.69, 9.17) is 28.8 Å². The quantitative estimate of drug-likeness (QED) is 0.0209. The van der Waals surface area contributed by atoms with E-state index in [-0.39, 0.29) is 108 Å². The Morgan fingerprint density at radius 2 is 1.08 bits per heavy atom. The number of hydrogen-bond donors (Lipinski definition) is 18. The Hall–Kier alpha value is -9.82. The van der Waals surface area contributed by atoms with Gasteiger partial charge in [0.15, 0.2) is 0 Å². The number of nitrogens with zero attached hydrogens (tertiary/aromatic N) is 3. The second kappa shape index (κ2) is 42.2. The minimum atomic E-state index is -1.86. The number of benzene rings is 4. The van der Waals surface area contributed by atoms with E-state index in [9.17, 15) is 78.6 Å². The highest BCUT2D eigenvalue weighted by Gasteiger charge is 2.38. The van der Waals surface area contributed by atoms with Crippen molar-refractivity contribution in [2.75, 3.05) is 75.7 Å². The number of carboxylic acid groups (broad SMARTS) is 3. The highest BCUT2D eigenvalue weighted by atomic mass is 35.5. The van der Waals surface area contributed by atoms with Gasteiger partial charge in [0.1, 0.15) is 65.9 Å². The molecule has 4 aromatic rings. The van der Waals surface area contributed by atoms with Gasteiger partial charge in [-0.25, -0.2) is 4.79 Å². The van der Waals surface area contributed by atoms with E-state index in [0.717, 1.165) is 28.5 Å². The number of unbranched alkanes of at least 4 members (excludes halogenated alkanes) is 1. The Morgan fingerprint density at radius 1 is 0.590 bits per heavy atom. The van der Waals surface area contributed by atoms with Gasteiger partial charge in [0.25, 0.3) is 0 Å². The molecule has 6 rings (SSSR count). The number of halogens is 1. The molecule has 0 radical (unpaired) electrons. The van der Waals surface area contributed by atoms with Gasteiger partial charge in [0.2, 0.25) is 53.2 Å². The SMILES string of the molecule is C[C@@H](O)C1NC(=O)C(CCCCN)NC(=O)[C@@H](Cc2ccc(NC(N)=O)cc2)NC(=O)[C@H](Cc2ccc(O)cc2)NC(=O)C(NC(=O)[C@H](Cc2ccc(Cl)cc2)NC(=O)CCC(C(=O)O)N2CCN(CC(=O)O)CCN(CC(=O)O)CC2)CSSC[C@@H](C(=O)N[C@H](Cc2ccc(O)cc2)C(N)=O)NC1=O. The Kier molecular flexibility index (Phi) is 33.8. The van der Waals surface area contributed by atoms with Gasteiger partial charge >= 0.3 is 23.9 Å². The molecule has 4 unspecified atom stereocenters. The predicted octanol–water partition coefficient (Wildman–Crippen LogP) is -1.90. The summed E-state index contributed by atoms with van der Waals surface area (Å²) in [5.74, 6) is -13.9. The number of phenols is 2. The van der Waals surface area contributed by atoms with Gasteiger partial charge in [0, 0.05) is 93.6 Å². The molecule has 21 N–H and O–H groups in total. The van der Waals surface area contributed by atoms with Gasteiger partial charge in [-0.2, -0.15) is 0 Å². The summed E-state index contributed by atoms with van der Waals surface area (Å²) in [7, 11) is 1.68. The molecule has 2 heterocycles. The normalized spacial score (nSPS) is 20.7. The summed E-state index contributed by atoms with van der Waals surface area (Å²) in [6, 6.07) is 7.85. The first kappa shape index (κ1) is 84.1. The maximum Gasteiger partial charge on any atom is 0.320 e. The summed E-state index contributed by atoms with van der Waals surface area (Å²) >= 11 is 6.26. The molecule has 34 nitrogen and oxygen atoms in total. The van der Waals surface area contributed by atoms with Gasteiger partial charge in [-0.15, -0.1) is 0 Å². The first-order valence-corrected chi connectivity index (χ1v) is 36.4. The molecule has 2 aliphatic heterocycles. The molecular weight excluding hydrogens is 1430 g/mol. The molecule has 11 amide bonds. The molecule has 37 heteroatoms. The van der Waals surface area contributed by atoms with Crippen molar-refractivity contribution in [3.63, 3.8) is 0 Å². The maximum atomic E-state index is 15.3. The number of carbonyl (C=O) groups is 13. The lowest BCUT2D eigenvalue weighted by Gasteiger charge is -2.30. The number of aliphatic carboxylic acids is 3. The molecule has 2 aliphatic rings. The average Bonchev–Trinajstić information content (AvgIpc) is 1.56. The Bertz CT molecular complexity index is 3640. The summed E-state index contributed by atoms with van der Waals surface area (Å²) in [4.78, 5) is 184. The smallest absolute Gasteiger partial charge is 0.320 e. The molecule has 0 spiro atoms. The number of primary amides is 2. The molecule has 570 valence electrons. The van der Waals surface area contributed by atoms with Crippen molar-refractivity contribution in [3.05, 3.63) is 124 Å². The second-order valence-electron chi connectivity index (χ2n) is 25.2. The summed E-state index contributed by atoms with van der Waals surface area (Å²) in [6.07, 6.45) is -3.34.